The molecule has 1 aromatic carbocycles. The summed E-state index contributed by atoms with van der Waals surface area (Å²) in [5, 5.41) is 2.88. The van der Waals surface area contributed by atoms with E-state index in [0.29, 0.717) is 31.2 Å². The second kappa shape index (κ2) is 8.05. The minimum Gasteiger partial charge on any atom is -0.487 e. The number of carbonyl (C=O) groups excluding carboxylic acids is 1. The van der Waals surface area contributed by atoms with E-state index in [9.17, 15) is 4.79 Å². The molecule has 0 aliphatic carbocycles. The lowest BCUT2D eigenvalue weighted by molar-refractivity contribution is 0.0897. The van der Waals surface area contributed by atoms with Crippen LogP contribution in [0.1, 0.15) is 33.3 Å². The molecular weight excluding hydrogens is 370 g/mol. The number of rotatable bonds is 6. The van der Waals surface area contributed by atoms with Gasteiger partial charge in [0.05, 0.1) is 12.1 Å². The van der Waals surface area contributed by atoms with Gasteiger partial charge in [0.15, 0.2) is 11.6 Å². The minimum absolute atomic E-state index is 0.158. The zero-order valence-corrected chi connectivity index (χ0v) is 16.7. The van der Waals surface area contributed by atoms with E-state index in [2.05, 4.69) is 15.3 Å². The van der Waals surface area contributed by atoms with Gasteiger partial charge in [-0.15, -0.1) is 0 Å². The first kappa shape index (κ1) is 19.1. The highest BCUT2D eigenvalue weighted by atomic mass is 16.5. The van der Waals surface area contributed by atoms with Gasteiger partial charge in [0, 0.05) is 24.9 Å². The minimum atomic E-state index is -0.273. The van der Waals surface area contributed by atoms with Gasteiger partial charge in [0.1, 0.15) is 24.2 Å². The predicted molar refractivity (Wildman–Crippen MR) is 107 cm³/mol. The maximum atomic E-state index is 12.3. The fourth-order valence-corrected chi connectivity index (χ4v) is 3.49. The van der Waals surface area contributed by atoms with Gasteiger partial charge >= 0.3 is 0 Å². The number of amides is 1. The summed E-state index contributed by atoms with van der Waals surface area (Å²) in [6.07, 6.45) is 0.552. The number of hydrogen-bond donors (Lipinski definition) is 1. The number of benzene rings is 1. The summed E-state index contributed by atoms with van der Waals surface area (Å²) in [6.45, 7) is 4.61. The molecule has 0 saturated carbocycles. The Bertz CT molecular complexity index is 1020. The lowest BCUT2D eigenvalue weighted by Gasteiger charge is -2.13. The van der Waals surface area contributed by atoms with Crippen molar-refractivity contribution >= 4 is 5.91 Å². The number of para-hydroxylation sites is 1. The molecule has 1 amide bonds. The summed E-state index contributed by atoms with van der Waals surface area (Å²) in [6, 6.07) is 11.3. The molecule has 0 saturated heterocycles. The van der Waals surface area contributed by atoms with E-state index in [1.54, 1.807) is 19.2 Å². The molecule has 7 heteroatoms. The van der Waals surface area contributed by atoms with E-state index in [0.717, 1.165) is 28.3 Å². The van der Waals surface area contributed by atoms with Crippen LogP contribution in [0.2, 0.25) is 0 Å². The monoisotopic (exact) mass is 393 g/mol. The van der Waals surface area contributed by atoms with Crippen molar-refractivity contribution in [1.29, 1.82) is 0 Å². The predicted octanol–water partition coefficient (Wildman–Crippen LogP) is 3.23. The molecule has 7 nitrogen and oxygen atoms in total. The lowest BCUT2D eigenvalue weighted by atomic mass is 10.1. The Morgan fingerprint density at radius 3 is 2.76 bits per heavy atom. The quantitative estimate of drug-likeness (QED) is 0.692. The van der Waals surface area contributed by atoms with E-state index in [1.165, 1.54) is 0 Å². The third-order valence-corrected chi connectivity index (χ3v) is 4.71. The second-order valence-corrected chi connectivity index (χ2v) is 7.12. The Labute approximate surface area is 169 Å². The maximum Gasteiger partial charge on any atom is 0.287 e. The van der Waals surface area contributed by atoms with Gasteiger partial charge in [-0.05, 0) is 43.7 Å². The number of hydrogen-bond acceptors (Lipinski definition) is 6. The van der Waals surface area contributed by atoms with Crippen LogP contribution in [0.15, 0.2) is 40.8 Å². The van der Waals surface area contributed by atoms with Crippen molar-refractivity contribution < 1.29 is 18.7 Å². The van der Waals surface area contributed by atoms with Gasteiger partial charge < -0.3 is 19.2 Å². The van der Waals surface area contributed by atoms with Crippen LogP contribution in [0.5, 0.6) is 5.75 Å². The zero-order chi connectivity index (χ0) is 20.4. The summed E-state index contributed by atoms with van der Waals surface area (Å²) in [4.78, 5) is 21.4. The topological polar surface area (TPSA) is 86.5 Å². The molecule has 2 aromatic heterocycles. The zero-order valence-electron chi connectivity index (χ0n) is 16.7. The fourth-order valence-electron chi connectivity index (χ4n) is 3.49. The number of furan rings is 1. The highest BCUT2D eigenvalue weighted by Gasteiger charge is 2.27. The Hall–Kier alpha value is -3.19. The Balaban J connectivity index is 1.44. The summed E-state index contributed by atoms with van der Waals surface area (Å²) in [5.74, 6) is 2.05. The molecule has 3 heterocycles. The standard InChI is InChI=1S/C22H23N3O4/c1-13-9-14(2)25-21(24-13)18-6-4-5-15-10-17(29-20(15)18)11-23-22(26)19-8-7-16(28-19)12-27-3/h4-9,17H,10-12H2,1-3H3,(H,23,26)/t17-/m1/s1. The molecule has 1 N–H and O–H groups in total. The number of nitrogens with one attached hydrogen (secondary N) is 1. The Kier molecular flexibility index (Phi) is 5.31. The molecule has 0 radical (unpaired) electrons. The van der Waals surface area contributed by atoms with Gasteiger partial charge in [0.25, 0.3) is 5.91 Å². The molecule has 4 rings (SSSR count). The number of aromatic nitrogens is 2. The van der Waals surface area contributed by atoms with Crippen molar-refractivity contribution in [2.24, 2.45) is 0 Å². The molecule has 0 spiro atoms. The van der Waals surface area contributed by atoms with Crippen LogP contribution < -0.4 is 10.1 Å². The summed E-state index contributed by atoms with van der Waals surface area (Å²) < 4.78 is 16.6. The van der Waals surface area contributed by atoms with Crippen molar-refractivity contribution in [3.8, 4) is 17.1 Å². The van der Waals surface area contributed by atoms with Crippen molar-refractivity contribution in [1.82, 2.24) is 15.3 Å². The van der Waals surface area contributed by atoms with Crippen LogP contribution in [0.4, 0.5) is 0 Å². The largest absolute Gasteiger partial charge is 0.487 e. The number of aryl methyl sites for hydroxylation is 2. The maximum absolute atomic E-state index is 12.3. The Morgan fingerprint density at radius 1 is 1.21 bits per heavy atom. The molecule has 0 unspecified atom stereocenters. The summed E-state index contributed by atoms with van der Waals surface area (Å²) >= 11 is 0. The van der Waals surface area contributed by atoms with E-state index in [4.69, 9.17) is 13.9 Å². The van der Waals surface area contributed by atoms with Crippen LogP contribution in [0.3, 0.4) is 0 Å². The van der Waals surface area contributed by atoms with Crippen molar-refractivity contribution in [2.45, 2.75) is 33.0 Å². The van der Waals surface area contributed by atoms with Gasteiger partial charge in [-0.2, -0.15) is 0 Å². The number of ether oxygens (including phenoxy) is 2. The van der Waals surface area contributed by atoms with E-state index in [1.807, 2.05) is 38.1 Å². The number of carbonyl (C=O) groups is 1. The number of fused-ring (bicyclic) bond motifs is 1. The first-order chi connectivity index (χ1) is 14.0. The van der Waals surface area contributed by atoms with Gasteiger partial charge in [-0.1, -0.05) is 12.1 Å². The number of methoxy groups -OCH3 is 1. The average molecular weight is 393 g/mol. The van der Waals surface area contributed by atoms with Crippen LogP contribution in [0.25, 0.3) is 11.4 Å². The molecule has 29 heavy (non-hydrogen) atoms. The van der Waals surface area contributed by atoms with Crippen molar-refractivity contribution in [2.75, 3.05) is 13.7 Å². The molecule has 1 atom stereocenters. The van der Waals surface area contributed by atoms with Gasteiger partial charge in [-0.25, -0.2) is 9.97 Å². The second-order valence-electron chi connectivity index (χ2n) is 7.12. The SMILES string of the molecule is COCc1ccc(C(=O)NC[C@H]2Cc3cccc(-c4nc(C)cc(C)n4)c3O2)o1. The molecule has 150 valence electrons. The molecule has 3 aromatic rings. The fraction of sp³-hybridized carbons (Fsp3) is 0.318. The van der Waals surface area contributed by atoms with Crippen LogP contribution in [0, 0.1) is 13.8 Å². The van der Waals surface area contributed by atoms with E-state index >= 15 is 0 Å². The van der Waals surface area contributed by atoms with Gasteiger partial charge in [-0.3, -0.25) is 4.79 Å². The third kappa shape index (κ3) is 4.14. The number of nitrogens with zero attached hydrogens (tertiary/aromatic N) is 2. The van der Waals surface area contributed by atoms with Crippen molar-refractivity contribution in [3.05, 3.63) is 64.9 Å². The normalized spacial score (nSPS) is 15.1. The van der Waals surface area contributed by atoms with Crippen molar-refractivity contribution in [3.63, 3.8) is 0 Å². The third-order valence-electron chi connectivity index (χ3n) is 4.71. The van der Waals surface area contributed by atoms with Crippen LogP contribution in [-0.2, 0) is 17.8 Å². The highest BCUT2D eigenvalue weighted by Crippen LogP contribution is 2.37. The highest BCUT2D eigenvalue weighted by molar-refractivity contribution is 5.91. The summed E-state index contributed by atoms with van der Waals surface area (Å²) in [7, 11) is 1.58. The Morgan fingerprint density at radius 2 is 2.00 bits per heavy atom. The smallest absolute Gasteiger partial charge is 0.287 e. The molecule has 0 fully saturated rings. The molecule has 1 aliphatic heterocycles. The van der Waals surface area contributed by atoms with E-state index < -0.39 is 0 Å². The molecule has 0 bridgehead atoms. The van der Waals surface area contributed by atoms with Crippen LogP contribution >= 0.6 is 0 Å². The van der Waals surface area contributed by atoms with Crippen LogP contribution in [-0.4, -0.2) is 35.6 Å². The first-order valence-corrected chi connectivity index (χ1v) is 9.50. The first-order valence-electron chi connectivity index (χ1n) is 9.50. The average Bonchev–Trinajstić information content (AvgIpc) is 3.32. The van der Waals surface area contributed by atoms with E-state index in [-0.39, 0.29) is 17.8 Å². The lowest BCUT2D eigenvalue weighted by Crippen LogP contribution is -2.34. The molecule has 1 aliphatic rings. The summed E-state index contributed by atoms with van der Waals surface area (Å²) in [5.41, 5.74) is 3.79. The van der Waals surface area contributed by atoms with Gasteiger partial charge in [0.2, 0.25) is 0 Å². The molecular formula is C22H23N3O4.